The number of amides is 1. The number of benzene rings is 1. The summed E-state index contributed by atoms with van der Waals surface area (Å²) in [4.78, 5) is 24.9. The number of anilines is 2. The van der Waals surface area contributed by atoms with E-state index in [1.807, 2.05) is 11.0 Å². The van der Waals surface area contributed by atoms with Crippen molar-refractivity contribution in [3.05, 3.63) is 48.0 Å². The lowest BCUT2D eigenvalue weighted by atomic mass is 10.2. The largest absolute Gasteiger partial charge is 0.366 e. The van der Waals surface area contributed by atoms with E-state index in [0.29, 0.717) is 49.6 Å². The Hall–Kier alpha value is -2.70. The average Bonchev–Trinajstić information content (AvgIpc) is 3.46. The lowest BCUT2D eigenvalue weighted by Gasteiger charge is -2.36. The van der Waals surface area contributed by atoms with Crippen LogP contribution in [0.15, 0.2) is 36.5 Å². The molecule has 7 heteroatoms. The molecule has 1 aromatic carbocycles. The SMILES string of the molecule is O=C(c1ccnc(NC2CC2)n1)N1CCN(c2ccccc2F)CC1. The third-order valence-electron chi connectivity index (χ3n) is 4.55. The van der Waals surface area contributed by atoms with Gasteiger partial charge in [0.2, 0.25) is 5.95 Å². The maximum absolute atomic E-state index is 13.9. The Morgan fingerprint density at radius 2 is 1.88 bits per heavy atom. The highest BCUT2D eigenvalue weighted by Gasteiger charge is 2.26. The van der Waals surface area contributed by atoms with Crippen LogP contribution in [0.4, 0.5) is 16.0 Å². The fraction of sp³-hybridized carbons (Fsp3) is 0.389. The Bertz CT molecular complexity index is 772. The van der Waals surface area contributed by atoms with Gasteiger partial charge in [-0.1, -0.05) is 12.1 Å². The molecule has 1 aliphatic heterocycles. The third-order valence-corrected chi connectivity index (χ3v) is 4.55. The fourth-order valence-corrected chi connectivity index (χ4v) is 2.98. The Morgan fingerprint density at radius 3 is 2.60 bits per heavy atom. The van der Waals surface area contributed by atoms with Gasteiger partial charge >= 0.3 is 0 Å². The minimum Gasteiger partial charge on any atom is -0.366 e. The number of carbonyl (C=O) groups excluding carboxylic acids is 1. The molecule has 6 nitrogen and oxygen atoms in total. The van der Waals surface area contributed by atoms with Gasteiger partial charge in [0.05, 0.1) is 5.69 Å². The van der Waals surface area contributed by atoms with Crippen molar-refractivity contribution in [3.63, 3.8) is 0 Å². The summed E-state index contributed by atoms with van der Waals surface area (Å²) < 4.78 is 13.9. The summed E-state index contributed by atoms with van der Waals surface area (Å²) in [5.74, 6) is 0.182. The minimum atomic E-state index is -0.228. The lowest BCUT2D eigenvalue weighted by molar-refractivity contribution is 0.0740. The molecule has 1 amide bonds. The van der Waals surface area contributed by atoms with E-state index in [0.717, 1.165) is 12.8 Å². The Kier molecular flexibility index (Phi) is 4.21. The standard InChI is InChI=1S/C18H20FN5O/c19-14-3-1-2-4-16(14)23-9-11-24(12-10-23)17(25)15-7-8-20-18(22-15)21-13-5-6-13/h1-4,7-8,13H,5-6,9-12H2,(H,20,21,22). The van der Waals surface area contributed by atoms with Crippen molar-refractivity contribution in [3.8, 4) is 0 Å². The molecule has 1 saturated heterocycles. The van der Waals surface area contributed by atoms with Crippen molar-refractivity contribution in [2.45, 2.75) is 18.9 Å². The number of hydrogen-bond donors (Lipinski definition) is 1. The van der Waals surface area contributed by atoms with Crippen molar-refractivity contribution in [1.82, 2.24) is 14.9 Å². The first kappa shape index (κ1) is 15.8. The first-order valence-electron chi connectivity index (χ1n) is 8.59. The summed E-state index contributed by atoms with van der Waals surface area (Å²) in [7, 11) is 0. The topological polar surface area (TPSA) is 61.4 Å². The number of halogens is 1. The van der Waals surface area contributed by atoms with Crippen LogP contribution >= 0.6 is 0 Å². The van der Waals surface area contributed by atoms with Gasteiger partial charge in [-0.2, -0.15) is 0 Å². The highest BCUT2D eigenvalue weighted by atomic mass is 19.1. The zero-order valence-electron chi connectivity index (χ0n) is 13.9. The van der Waals surface area contributed by atoms with Gasteiger partial charge in [-0.15, -0.1) is 0 Å². The Labute approximate surface area is 145 Å². The van der Waals surface area contributed by atoms with Crippen molar-refractivity contribution in [1.29, 1.82) is 0 Å². The fourth-order valence-electron chi connectivity index (χ4n) is 2.98. The van der Waals surface area contributed by atoms with E-state index in [1.54, 1.807) is 29.3 Å². The van der Waals surface area contributed by atoms with Gasteiger partial charge in [-0.25, -0.2) is 14.4 Å². The number of nitrogens with zero attached hydrogens (tertiary/aromatic N) is 4. The van der Waals surface area contributed by atoms with Crippen LogP contribution in [0.2, 0.25) is 0 Å². The second kappa shape index (κ2) is 6.66. The zero-order valence-corrected chi connectivity index (χ0v) is 13.9. The summed E-state index contributed by atoms with van der Waals surface area (Å²) in [6.07, 6.45) is 3.86. The molecule has 2 heterocycles. The van der Waals surface area contributed by atoms with Crippen molar-refractivity contribution < 1.29 is 9.18 Å². The average molecular weight is 341 g/mol. The Morgan fingerprint density at radius 1 is 1.12 bits per heavy atom. The predicted molar refractivity (Wildman–Crippen MR) is 93.2 cm³/mol. The predicted octanol–water partition coefficient (Wildman–Crippen LogP) is 2.15. The molecule has 2 aliphatic rings. The molecular formula is C18H20FN5O. The van der Waals surface area contributed by atoms with Crippen molar-refractivity contribution >= 4 is 17.5 Å². The zero-order chi connectivity index (χ0) is 17.2. The molecule has 1 N–H and O–H groups in total. The Balaban J connectivity index is 1.40. The molecule has 0 unspecified atom stereocenters. The molecule has 0 radical (unpaired) electrons. The molecule has 0 bridgehead atoms. The molecule has 1 saturated carbocycles. The van der Waals surface area contributed by atoms with Gasteiger partial charge in [0.1, 0.15) is 11.5 Å². The van der Waals surface area contributed by atoms with Gasteiger partial charge in [-0.05, 0) is 31.0 Å². The van der Waals surface area contributed by atoms with E-state index in [-0.39, 0.29) is 11.7 Å². The molecule has 0 spiro atoms. The second-order valence-electron chi connectivity index (χ2n) is 6.41. The molecule has 4 rings (SSSR count). The molecule has 1 aromatic heterocycles. The summed E-state index contributed by atoms with van der Waals surface area (Å²) in [6, 6.07) is 8.82. The maximum atomic E-state index is 13.9. The first-order chi connectivity index (χ1) is 12.2. The van der Waals surface area contributed by atoms with Gasteiger partial charge < -0.3 is 15.1 Å². The number of nitrogens with one attached hydrogen (secondary N) is 1. The van der Waals surface area contributed by atoms with Crippen LogP contribution in [0, 0.1) is 5.82 Å². The van der Waals surface area contributed by atoms with Crippen LogP contribution in [0.5, 0.6) is 0 Å². The van der Waals surface area contributed by atoms with Crippen molar-refractivity contribution in [2.75, 3.05) is 36.4 Å². The van der Waals surface area contributed by atoms with Crippen LogP contribution in [-0.2, 0) is 0 Å². The van der Waals surface area contributed by atoms with E-state index in [9.17, 15) is 9.18 Å². The second-order valence-corrected chi connectivity index (χ2v) is 6.41. The smallest absolute Gasteiger partial charge is 0.272 e. The van der Waals surface area contributed by atoms with Crippen LogP contribution in [0.25, 0.3) is 0 Å². The highest BCUT2D eigenvalue weighted by molar-refractivity contribution is 5.92. The van der Waals surface area contributed by atoms with Crippen LogP contribution < -0.4 is 10.2 Å². The van der Waals surface area contributed by atoms with E-state index in [4.69, 9.17) is 0 Å². The minimum absolute atomic E-state index is 0.102. The number of carbonyl (C=O) groups is 1. The van der Waals surface area contributed by atoms with Crippen LogP contribution in [0.3, 0.4) is 0 Å². The van der Waals surface area contributed by atoms with Crippen molar-refractivity contribution in [2.24, 2.45) is 0 Å². The monoisotopic (exact) mass is 341 g/mol. The van der Waals surface area contributed by atoms with Gasteiger partial charge in [-0.3, -0.25) is 4.79 Å². The van der Waals surface area contributed by atoms with Gasteiger partial charge in [0, 0.05) is 38.4 Å². The van der Waals surface area contributed by atoms with E-state index in [1.165, 1.54) is 6.07 Å². The lowest BCUT2D eigenvalue weighted by Crippen LogP contribution is -2.49. The van der Waals surface area contributed by atoms with Gasteiger partial charge in [0.25, 0.3) is 5.91 Å². The molecule has 2 aromatic rings. The highest BCUT2D eigenvalue weighted by Crippen LogP contribution is 2.23. The maximum Gasteiger partial charge on any atom is 0.272 e. The first-order valence-corrected chi connectivity index (χ1v) is 8.59. The molecule has 0 atom stereocenters. The summed E-state index contributed by atoms with van der Waals surface area (Å²) in [6.45, 7) is 2.29. The van der Waals surface area contributed by atoms with Gasteiger partial charge in [0.15, 0.2) is 0 Å². The number of piperazine rings is 1. The quantitative estimate of drug-likeness (QED) is 0.923. The van der Waals surface area contributed by atoms with Crippen LogP contribution in [-0.4, -0.2) is 53.0 Å². The van der Waals surface area contributed by atoms with E-state index >= 15 is 0 Å². The normalized spacial score (nSPS) is 17.5. The number of hydrogen-bond acceptors (Lipinski definition) is 5. The summed E-state index contributed by atoms with van der Waals surface area (Å²) >= 11 is 0. The molecule has 1 aliphatic carbocycles. The molecular weight excluding hydrogens is 321 g/mol. The number of para-hydroxylation sites is 1. The number of rotatable bonds is 4. The third kappa shape index (κ3) is 3.55. The van der Waals surface area contributed by atoms with Crippen LogP contribution in [0.1, 0.15) is 23.3 Å². The van der Waals surface area contributed by atoms with E-state index in [2.05, 4.69) is 15.3 Å². The molecule has 2 fully saturated rings. The summed E-state index contributed by atoms with van der Waals surface area (Å²) in [5, 5.41) is 3.21. The summed E-state index contributed by atoms with van der Waals surface area (Å²) in [5.41, 5.74) is 0.991. The molecule has 130 valence electrons. The number of aromatic nitrogens is 2. The molecule has 25 heavy (non-hydrogen) atoms. The van der Waals surface area contributed by atoms with E-state index < -0.39 is 0 Å².